The summed E-state index contributed by atoms with van der Waals surface area (Å²) < 4.78 is 31.6. The predicted molar refractivity (Wildman–Crippen MR) is 146 cm³/mol. The predicted octanol–water partition coefficient (Wildman–Crippen LogP) is 2.98. The zero-order valence-corrected chi connectivity index (χ0v) is 23.0. The normalized spacial score (nSPS) is 12.9. The van der Waals surface area contributed by atoms with Crippen molar-refractivity contribution >= 4 is 18.2 Å². The fraction of sp³-hybridized carbons (Fsp3) is 0.483. The van der Waals surface area contributed by atoms with Crippen molar-refractivity contribution in [1.82, 2.24) is 20.9 Å². The molecule has 3 amide bonds. The van der Waals surface area contributed by atoms with Gasteiger partial charge in [-0.05, 0) is 69.2 Å². The zero-order valence-electron chi connectivity index (χ0n) is 23.0. The second kappa shape index (κ2) is 17.1. The SMILES string of the molecule is CCN(C)C(=O)C(NCCOc1cc(F)ccc1CCCNC(=O)CNC=O)C1CC1.Cc1ccc(F)cc1. The first-order chi connectivity index (χ1) is 18.7. The Hall–Kier alpha value is -3.53. The molecular formula is C29H40F2N4O4. The van der Waals surface area contributed by atoms with Gasteiger partial charge in [0.05, 0.1) is 12.6 Å². The first kappa shape index (κ1) is 31.7. The molecule has 1 fully saturated rings. The van der Waals surface area contributed by atoms with Crippen LogP contribution in [0.4, 0.5) is 8.78 Å². The van der Waals surface area contributed by atoms with Gasteiger partial charge in [-0.25, -0.2) is 8.78 Å². The largest absolute Gasteiger partial charge is 0.492 e. The Balaban J connectivity index is 0.000000568. The highest BCUT2D eigenvalue weighted by Crippen LogP contribution is 2.33. The lowest BCUT2D eigenvalue weighted by molar-refractivity contribution is -0.132. The minimum Gasteiger partial charge on any atom is -0.492 e. The van der Waals surface area contributed by atoms with E-state index >= 15 is 0 Å². The number of hydrogen-bond donors (Lipinski definition) is 3. The molecule has 0 bridgehead atoms. The van der Waals surface area contributed by atoms with E-state index < -0.39 is 0 Å². The van der Waals surface area contributed by atoms with E-state index in [1.54, 1.807) is 30.1 Å². The van der Waals surface area contributed by atoms with Gasteiger partial charge in [-0.2, -0.15) is 0 Å². The van der Waals surface area contributed by atoms with Gasteiger partial charge >= 0.3 is 0 Å². The summed E-state index contributed by atoms with van der Waals surface area (Å²) in [4.78, 5) is 35.9. The number of hydrogen-bond acceptors (Lipinski definition) is 5. The number of nitrogens with zero attached hydrogens (tertiary/aromatic N) is 1. The van der Waals surface area contributed by atoms with Crippen LogP contribution < -0.4 is 20.7 Å². The highest BCUT2D eigenvalue weighted by molar-refractivity contribution is 5.82. The van der Waals surface area contributed by atoms with Crippen LogP contribution in [-0.2, 0) is 20.8 Å². The topological polar surface area (TPSA) is 99.8 Å². The maximum Gasteiger partial charge on any atom is 0.239 e. The minimum absolute atomic E-state index is 0.0557. The molecule has 1 saturated carbocycles. The molecule has 0 radical (unpaired) electrons. The third kappa shape index (κ3) is 12.2. The van der Waals surface area contributed by atoms with E-state index in [1.807, 2.05) is 13.8 Å². The molecule has 214 valence electrons. The number of benzene rings is 2. The van der Waals surface area contributed by atoms with Gasteiger partial charge in [0.25, 0.3) is 0 Å². The highest BCUT2D eigenvalue weighted by atomic mass is 19.1. The molecule has 39 heavy (non-hydrogen) atoms. The number of likely N-dealkylation sites (N-methyl/N-ethyl adjacent to an activating group) is 1. The fourth-order valence-electron chi connectivity index (χ4n) is 3.76. The lowest BCUT2D eigenvalue weighted by atomic mass is 10.1. The van der Waals surface area contributed by atoms with Crippen molar-refractivity contribution in [2.45, 2.75) is 45.6 Å². The van der Waals surface area contributed by atoms with Crippen molar-refractivity contribution in [2.24, 2.45) is 5.92 Å². The van der Waals surface area contributed by atoms with Gasteiger partial charge in [0, 0.05) is 32.7 Å². The van der Waals surface area contributed by atoms with Crippen LogP contribution in [0.15, 0.2) is 42.5 Å². The summed E-state index contributed by atoms with van der Waals surface area (Å²) in [5, 5.41) is 8.30. The third-order valence-electron chi connectivity index (χ3n) is 6.27. The molecular weight excluding hydrogens is 506 g/mol. The van der Waals surface area contributed by atoms with E-state index in [1.165, 1.54) is 24.3 Å². The van der Waals surface area contributed by atoms with E-state index in [0.29, 0.717) is 57.2 Å². The van der Waals surface area contributed by atoms with Crippen LogP contribution in [0.3, 0.4) is 0 Å². The van der Waals surface area contributed by atoms with Gasteiger partial charge in [-0.1, -0.05) is 23.8 Å². The maximum atomic E-state index is 13.7. The van der Waals surface area contributed by atoms with Gasteiger partial charge in [0.2, 0.25) is 18.2 Å². The number of aryl methyl sites for hydroxylation is 2. The third-order valence-corrected chi connectivity index (χ3v) is 6.27. The van der Waals surface area contributed by atoms with Gasteiger partial charge in [-0.15, -0.1) is 0 Å². The number of ether oxygens (including phenoxy) is 1. The summed E-state index contributed by atoms with van der Waals surface area (Å²) in [6.07, 6.45) is 3.83. The Morgan fingerprint density at radius 3 is 2.41 bits per heavy atom. The second-order valence-corrected chi connectivity index (χ2v) is 9.47. The second-order valence-electron chi connectivity index (χ2n) is 9.47. The van der Waals surface area contributed by atoms with Crippen LogP contribution in [-0.4, -0.2) is 69.0 Å². The van der Waals surface area contributed by atoms with E-state index in [9.17, 15) is 23.2 Å². The molecule has 3 N–H and O–H groups in total. The van der Waals surface area contributed by atoms with Gasteiger partial charge in [0.15, 0.2) is 0 Å². The molecule has 1 aliphatic rings. The highest BCUT2D eigenvalue weighted by Gasteiger charge is 2.36. The van der Waals surface area contributed by atoms with Crippen molar-refractivity contribution in [3.8, 4) is 5.75 Å². The molecule has 0 saturated heterocycles. The Labute approximate surface area is 229 Å². The van der Waals surface area contributed by atoms with E-state index in [-0.39, 0.29) is 36.0 Å². The Bertz CT molecular complexity index is 1030. The van der Waals surface area contributed by atoms with Gasteiger partial charge < -0.3 is 25.6 Å². The molecule has 0 heterocycles. The monoisotopic (exact) mass is 546 g/mol. The molecule has 0 aromatic heterocycles. The number of amides is 3. The summed E-state index contributed by atoms with van der Waals surface area (Å²) in [7, 11) is 1.80. The standard InChI is InChI=1S/C22H33FN4O4.C7H7F/c1-3-27(2)22(30)21(17-6-7-17)26-11-12-31-19-13-18(23)9-8-16(19)5-4-10-25-20(29)14-24-15-28;1-6-2-4-7(8)5-3-6/h8-9,13,15,17,21,26H,3-7,10-12,14H2,1-2H3,(H,24,28)(H,25,29);2-5H,1H3. The molecule has 0 spiro atoms. The lowest BCUT2D eigenvalue weighted by Crippen LogP contribution is -2.47. The van der Waals surface area contributed by atoms with Gasteiger partial charge in [0.1, 0.15) is 24.0 Å². The zero-order chi connectivity index (χ0) is 28.6. The van der Waals surface area contributed by atoms with E-state index in [0.717, 1.165) is 24.0 Å². The van der Waals surface area contributed by atoms with Crippen molar-refractivity contribution in [2.75, 3.05) is 39.8 Å². The van der Waals surface area contributed by atoms with Crippen LogP contribution in [0, 0.1) is 24.5 Å². The number of rotatable bonds is 15. The Kier molecular flexibility index (Phi) is 13.9. The number of carbonyl (C=O) groups is 3. The Morgan fingerprint density at radius 2 is 1.79 bits per heavy atom. The minimum atomic E-state index is -0.379. The quantitative estimate of drug-likeness (QED) is 0.236. The molecule has 2 aromatic carbocycles. The summed E-state index contributed by atoms with van der Waals surface area (Å²) in [6, 6.07) is 10.6. The van der Waals surface area contributed by atoms with Crippen LogP contribution in [0.5, 0.6) is 5.75 Å². The molecule has 10 heteroatoms. The molecule has 1 aliphatic carbocycles. The molecule has 0 aliphatic heterocycles. The molecule has 8 nitrogen and oxygen atoms in total. The average Bonchev–Trinajstić information content (AvgIpc) is 3.77. The van der Waals surface area contributed by atoms with Crippen molar-refractivity contribution in [3.05, 3.63) is 65.2 Å². The fourth-order valence-corrected chi connectivity index (χ4v) is 3.76. The maximum absolute atomic E-state index is 13.7. The molecule has 1 atom stereocenters. The first-order valence-electron chi connectivity index (χ1n) is 13.3. The number of carbonyl (C=O) groups excluding carboxylic acids is 3. The number of halogens is 2. The number of nitrogens with one attached hydrogen (secondary N) is 3. The van der Waals surface area contributed by atoms with Crippen LogP contribution in [0.25, 0.3) is 0 Å². The lowest BCUT2D eigenvalue weighted by Gasteiger charge is -2.23. The van der Waals surface area contributed by atoms with E-state index in [4.69, 9.17) is 4.74 Å². The summed E-state index contributed by atoms with van der Waals surface area (Å²) in [5.74, 6) is 0.133. The van der Waals surface area contributed by atoms with Crippen LogP contribution >= 0.6 is 0 Å². The Morgan fingerprint density at radius 1 is 1.10 bits per heavy atom. The summed E-state index contributed by atoms with van der Waals surface area (Å²) in [5.41, 5.74) is 1.94. The van der Waals surface area contributed by atoms with Crippen molar-refractivity contribution in [1.29, 1.82) is 0 Å². The van der Waals surface area contributed by atoms with Crippen LogP contribution in [0.2, 0.25) is 0 Å². The molecule has 1 unspecified atom stereocenters. The summed E-state index contributed by atoms with van der Waals surface area (Å²) >= 11 is 0. The molecule has 3 rings (SSSR count). The first-order valence-corrected chi connectivity index (χ1v) is 13.3. The summed E-state index contributed by atoms with van der Waals surface area (Å²) in [6.45, 7) is 5.73. The van der Waals surface area contributed by atoms with Crippen molar-refractivity contribution in [3.63, 3.8) is 0 Å². The average molecular weight is 547 g/mol. The smallest absolute Gasteiger partial charge is 0.239 e. The van der Waals surface area contributed by atoms with Crippen LogP contribution in [0.1, 0.15) is 37.3 Å². The van der Waals surface area contributed by atoms with Gasteiger partial charge in [-0.3, -0.25) is 14.4 Å². The van der Waals surface area contributed by atoms with Crippen molar-refractivity contribution < 1.29 is 27.9 Å². The molecule has 2 aromatic rings. The van der Waals surface area contributed by atoms with E-state index in [2.05, 4.69) is 16.0 Å².